The zero-order valence-electron chi connectivity index (χ0n) is 10.9. The predicted molar refractivity (Wildman–Crippen MR) is 80.6 cm³/mol. The van der Waals surface area contributed by atoms with Crippen LogP contribution in [0.3, 0.4) is 0 Å². The van der Waals surface area contributed by atoms with Crippen LogP contribution in [-0.4, -0.2) is 23.2 Å². The maximum atomic E-state index is 5.34. The van der Waals surface area contributed by atoms with Crippen molar-refractivity contribution in [2.45, 2.75) is 32.6 Å². The van der Waals surface area contributed by atoms with Gasteiger partial charge >= 0.3 is 0 Å². The van der Waals surface area contributed by atoms with Crippen molar-refractivity contribution in [1.82, 2.24) is 10.4 Å². The van der Waals surface area contributed by atoms with E-state index >= 15 is 0 Å². The average molecular weight is 263 g/mol. The van der Waals surface area contributed by atoms with Crippen molar-refractivity contribution < 1.29 is 0 Å². The summed E-state index contributed by atoms with van der Waals surface area (Å²) in [6, 6.07) is 8.24. The minimum absolute atomic E-state index is 0.683. The largest absolute Gasteiger partial charge is 0.332 e. The molecule has 1 aliphatic heterocycles. The summed E-state index contributed by atoms with van der Waals surface area (Å²) in [5, 5.41) is 6.13. The number of hydrogen-bond acceptors (Lipinski definition) is 2. The molecule has 1 aliphatic rings. The third-order valence-electron chi connectivity index (χ3n) is 3.14. The van der Waals surface area contributed by atoms with Crippen molar-refractivity contribution in [3.8, 4) is 0 Å². The van der Waals surface area contributed by atoms with Crippen LogP contribution in [0.2, 0.25) is 0 Å². The second kappa shape index (κ2) is 6.71. The van der Waals surface area contributed by atoms with Crippen LogP contribution < -0.4 is 10.7 Å². The van der Waals surface area contributed by atoms with Gasteiger partial charge in [-0.2, -0.15) is 0 Å². The van der Waals surface area contributed by atoms with E-state index in [1.165, 1.54) is 31.2 Å². The summed E-state index contributed by atoms with van der Waals surface area (Å²) in [4.78, 5) is 0. The number of benzene rings is 1. The van der Waals surface area contributed by atoms with Crippen molar-refractivity contribution in [2.24, 2.45) is 0 Å². The van der Waals surface area contributed by atoms with Crippen LogP contribution >= 0.6 is 12.2 Å². The smallest absolute Gasteiger partial charge is 0.185 e. The molecule has 1 fully saturated rings. The fourth-order valence-electron chi connectivity index (χ4n) is 2.21. The Balaban J connectivity index is 1.84. The van der Waals surface area contributed by atoms with Crippen molar-refractivity contribution >= 4 is 23.0 Å². The SMILES string of the molecule is Cc1cccc(NC(=S)NN2CCCCCC2)c1. The molecule has 0 unspecified atom stereocenters. The van der Waals surface area contributed by atoms with Gasteiger partial charge < -0.3 is 5.32 Å². The molecule has 0 radical (unpaired) electrons. The van der Waals surface area contributed by atoms with Crippen molar-refractivity contribution in [3.05, 3.63) is 29.8 Å². The molecule has 1 heterocycles. The Labute approximate surface area is 115 Å². The van der Waals surface area contributed by atoms with Gasteiger partial charge in [0, 0.05) is 18.8 Å². The highest BCUT2D eigenvalue weighted by atomic mass is 32.1. The molecule has 0 aliphatic carbocycles. The second-order valence-electron chi connectivity index (χ2n) is 4.84. The van der Waals surface area contributed by atoms with Gasteiger partial charge in [0.2, 0.25) is 0 Å². The molecule has 18 heavy (non-hydrogen) atoms. The molecule has 2 rings (SSSR count). The molecule has 0 spiro atoms. The average Bonchev–Trinajstić information content (AvgIpc) is 2.57. The summed E-state index contributed by atoms with van der Waals surface area (Å²) >= 11 is 5.34. The van der Waals surface area contributed by atoms with E-state index in [9.17, 15) is 0 Å². The monoisotopic (exact) mass is 263 g/mol. The van der Waals surface area contributed by atoms with Crippen LogP contribution in [0.15, 0.2) is 24.3 Å². The summed E-state index contributed by atoms with van der Waals surface area (Å²) in [7, 11) is 0. The Bertz CT molecular complexity index is 398. The summed E-state index contributed by atoms with van der Waals surface area (Å²) in [5.74, 6) is 0. The summed E-state index contributed by atoms with van der Waals surface area (Å²) in [6.07, 6.45) is 5.16. The van der Waals surface area contributed by atoms with Gasteiger partial charge in [-0.05, 0) is 49.7 Å². The molecule has 98 valence electrons. The van der Waals surface area contributed by atoms with Crippen molar-refractivity contribution in [3.63, 3.8) is 0 Å². The number of rotatable bonds is 2. The molecule has 1 saturated heterocycles. The number of aryl methyl sites for hydroxylation is 1. The van der Waals surface area contributed by atoms with Crippen LogP contribution in [-0.2, 0) is 0 Å². The van der Waals surface area contributed by atoms with Crippen LogP contribution in [0.5, 0.6) is 0 Å². The lowest BCUT2D eigenvalue weighted by atomic mass is 10.2. The molecular weight excluding hydrogens is 242 g/mol. The number of thiocarbonyl (C=S) groups is 1. The lowest BCUT2D eigenvalue weighted by Gasteiger charge is -2.23. The fraction of sp³-hybridized carbons (Fsp3) is 0.500. The lowest BCUT2D eigenvalue weighted by molar-refractivity contribution is 0.247. The number of nitrogens with one attached hydrogen (secondary N) is 2. The van der Waals surface area contributed by atoms with E-state index in [2.05, 4.69) is 34.8 Å². The number of hydrogen-bond donors (Lipinski definition) is 2. The van der Waals surface area contributed by atoms with Gasteiger partial charge in [0.1, 0.15) is 0 Å². The predicted octanol–water partition coefficient (Wildman–Crippen LogP) is 3.07. The van der Waals surface area contributed by atoms with E-state index in [-0.39, 0.29) is 0 Å². The third-order valence-corrected chi connectivity index (χ3v) is 3.34. The Hall–Kier alpha value is -1.13. The van der Waals surface area contributed by atoms with Gasteiger partial charge in [0.25, 0.3) is 0 Å². The molecule has 0 bridgehead atoms. The molecule has 4 heteroatoms. The number of hydrazine groups is 1. The first-order valence-corrected chi connectivity index (χ1v) is 7.04. The molecule has 1 aromatic rings. The molecular formula is C14H21N3S. The first-order valence-electron chi connectivity index (χ1n) is 6.63. The highest BCUT2D eigenvalue weighted by molar-refractivity contribution is 7.80. The first kappa shape index (κ1) is 13.3. The number of nitrogens with zero attached hydrogens (tertiary/aromatic N) is 1. The van der Waals surface area contributed by atoms with E-state index < -0.39 is 0 Å². The van der Waals surface area contributed by atoms with E-state index in [1.54, 1.807) is 0 Å². The van der Waals surface area contributed by atoms with Crippen LogP contribution in [0.4, 0.5) is 5.69 Å². The molecule has 0 atom stereocenters. The summed E-state index contributed by atoms with van der Waals surface area (Å²) in [5.41, 5.74) is 5.56. The Kier molecular flexibility index (Phi) is 4.96. The quantitative estimate of drug-likeness (QED) is 0.802. The summed E-state index contributed by atoms with van der Waals surface area (Å²) in [6.45, 7) is 4.24. The number of anilines is 1. The van der Waals surface area contributed by atoms with Gasteiger partial charge in [0.15, 0.2) is 5.11 Å². The molecule has 1 aromatic carbocycles. The van der Waals surface area contributed by atoms with Crippen LogP contribution in [0, 0.1) is 6.92 Å². The van der Waals surface area contributed by atoms with Crippen LogP contribution in [0.25, 0.3) is 0 Å². The first-order chi connectivity index (χ1) is 8.74. The van der Waals surface area contributed by atoms with E-state index in [1.807, 2.05) is 12.1 Å². The van der Waals surface area contributed by atoms with Gasteiger partial charge in [0.05, 0.1) is 0 Å². The Morgan fingerprint density at radius 3 is 2.56 bits per heavy atom. The minimum Gasteiger partial charge on any atom is -0.332 e. The zero-order valence-corrected chi connectivity index (χ0v) is 11.7. The van der Waals surface area contributed by atoms with Crippen LogP contribution in [0.1, 0.15) is 31.2 Å². The summed E-state index contributed by atoms with van der Waals surface area (Å²) < 4.78 is 0. The third kappa shape index (κ3) is 4.27. The molecule has 0 aromatic heterocycles. The zero-order chi connectivity index (χ0) is 12.8. The van der Waals surface area contributed by atoms with Crippen molar-refractivity contribution in [1.29, 1.82) is 0 Å². The molecule has 3 nitrogen and oxygen atoms in total. The van der Waals surface area contributed by atoms with Gasteiger partial charge in [-0.15, -0.1) is 0 Å². The second-order valence-corrected chi connectivity index (χ2v) is 5.24. The van der Waals surface area contributed by atoms with Gasteiger partial charge in [-0.1, -0.05) is 25.0 Å². The Morgan fingerprint density at radius 2 is 1.89 bits per heavy atom. The topological polar surface area (TPSA) is 27.3 Å². The maximum Gasteiger partial charge on any atom is 0.185 e. The van der Waals surface area contributed by atoms with E-state index in [0.717, 1.165) is 18.8 Å². The van der Waals surface area contributed by atoms with E-state index in [0.29, 0.717) is 5.11 Å². The maximum absolute atomic E-state index is 5.34. The molecule has 2 N–H and O–H groups in total. The van der Waals surface area contributed by atoms with Crippen molar-refractivity contribution in [2.75, 3.05) is 18.4 Å². The molecule has 0 saturated carbocycles. The molecule has 0 amide bonds. The van der Waals surface area contributed by atoms with Gasteiger partial charge in [-0.25, -0.2) is 5.01 Å². The van der Waals surface area contributed by atoms with E-state index in [4.69, 9.17) is 12.2 Å². The van der Waals surface area contributed by atoms with Gasteiger partial charge in [-0.3, -0.25) is 5.43 Å². The Morgan fingerprint density at radius 1 is 1.17 bits per heavy atom. The highest BCUT2D eigenvalue weighted by Crippen LogP contribution is 2.10. The fourth-order valence-corrected chi connectivity index (χ4v) is 2.45. The standard InChI is InChI=1S/C14H21N3S/c1-12-7-6-8-13(11-12)15-14(18)16-17-9-4-2-3-5-10-17/h6-8,11H,2-5,9-10H2,1H3,(H2,15,16,18). The lowest BCUT2D eigenvalue weighted by Crippen LogP contribution is -2.44. The minimum atomic E-state index is 0.683. The normalized spacial score (nSPS) is 16.9. The highest BCUT2D eigenvalue weighted by Gasteiger charge is 2.09.